The third kappa shape index (κ3) is 3.09. The van der Waals surface area contributed by atoms with Crippen LogP contribution in [0.15, 0.2) is 79.0 Å². The number of halogens is 1. The zero-order valence-corrected chi connectivity index (χ0v) is 18.7. The van der Waals surface area contributed by atoms with Crippen molar-refractivity contribution in [3.8, 4) is 0 Å². The van der Waals surface area contributed by atoms with Crippen LogP contribution in [0, 0.1) is 27.8 Å². The summed E-state index contributed by atoms with van der Waals surface area (Å²) in [7, 11) is 0. The molecule has 2 saturated heterocycles. The molecule has 2 amide bonds. The number of nitro benzene ring substituents is 1. The van der Waals surface area contributed by atoms with Crippen LogP contribution in [0.25, 0.3) is 6.08 Å². The zero-order valence-electron chi connectivity index (χ0n) is 18.7. The lowest BCUT2D eigenvalue weighted by molar-refractivity contribution is -0.384. The zero-order chi connectivity index (χ0) is 25.1. The van der Waals surface area contributed by atoms with Crippen LogP contribution in [0.3, 0.4) is 0 Å². The van der Waals surface area contributed by atoms with Gasteiger partial charge >= 0.3 is 0 Å². The molecule has 0 bridgehead atoms. The van der Waals surface area contributed by atoms with Crippen molar-refractivity contribution in [2.24, 2.45) is 11.8 Å². The van der Waals surface area contributed by atoms with Crippen molar-refractivity contribution in [1.82, 2.24) is 4.90 Å². The molecule has 0 spiro atoms. The van der Waals surface area contributed by atoms with E-state index in [9.17, 15) is 28.9 Å². The highest BCUT2D eigenvalue weighted by atomic mass is 19.1. The van der Waals surface area contributed by atoms with Crippen LogP contribution in [0.1, 0.15) is 27.5 Å². The van der Waals surface area contributed by atoms with E-state index in [2.05, 4.69) is 0 Å². The Morgan fingerprint density at radius 1 is 0.917 bits per heavy atom. The number of amides is 2. The van der Waals surface area contributed by atoms with Gasteiger partial charge in [0.05, 0.1) is 28.5 Å². The van der Waals surface area contributed by atoms with Gasteiger partial charge in [-0.15, -0.1) is 0 Å². The molecule has 0 aromatic heterocycles. The normalized spacial score (nSPS) is 23.9. The second-order valence-electron chi connectivity index (χ2n) is 9.00. The Balaban J connectivity index is 1.50. The monoisotopic (exact) mass is 483 g/mol. The highest BCUT2D eigenvalue weighted by Gasteiger charge is 2.64. The molecule has 8 nitrogen and oxygen atoms in total. The Bertz CT molecular complexity index is 1500. The fourth-order valence-electron chi connectivity index (χ4n) is 5.67. The molecule has 3 aliphatic rings. The number of fused-ring (bicyclic) bond motifs is 5. The summed E-state index contributed by atoms with van der Waals surface area (Å²) in [5.41, 5.74) is 1.59. The summed E-state index contributed by atoms with van der Waals surface area (Å²) < 4.78 is 14.0. The predicted octanol–water partition coefficient (Wildman–Crippen LogP) is 4.13. The number of non-ortho nitro benzene ring substituents is 1. The summed E-state index contributed by atoms with van der Waals surface area (Å²) in [5, 5.41) is 11.3. The lowest BCUT2D eigenvalue weighted by Crippen LogP contribution is -2.44. The van der Waals surface area contributed by atoms with Crippen LogP contribution >= 0.6 is 0 Å². The summed E-state index contributed by atoms with van der Waals surface area (Å²) in [6.45, 7) is 0. The Hall–Kier alpha value is -4.66. The maximum absolute atomic E-state index is 14.0. The maximum atomic E-state index is 14.0. The van der Waals surface area contributed by atoms with Gasteiger partial charge in [-0.3, -0.25) is 24.5 Å². The molecule has 9 heteroatoms. The van der Waals surface area contributed by atoms with Gasteiger partial charge < -0.3 is 4.90 Å². The van der Waals surface area contributed by atoms with E-state index in [0.717, 1.165) is 22.1 Å². The Morgan fingerprint density at radius 2 is 1.67 bits per heavy atom. The Morgan fingerprint density at radius 3 is 2.44 bits per heavy atom. The quantitative estimate of drug-likeness (QED) is 0.239. The van der Waals surface area contributed by atoms with Crippen LogP contribution in [0.2, 0.25) is 0 Å². The predicted molar refractivity (Wildman–Crippen MR) is 127 cm³/mol. The van der Waals surface area contributed by atoms with Crippen molar-refractivity contribution in [3.63, 3.8) is 0 Å². The molecule has 178 valence electrons. The molecule has 3 aromatic rings. The maximum Gasteiger partial charge on any atom is 0.270 e. The molecule has 3 aromatic carbocycles. The summed E-state index contributed by atoms with van der Waals surface area (Å²) in [6.07, 6.45) is 3.53. The van der Waals surface area contributed by atoms with Crippen molar-refractivity contribution in [2.75, 3.05) is 4.90 Å². The number of nitrogens with zero attached hydrogens (tertiary/aromatic N) is 3. The number of nitro groups is 1. The summed E-state index contributed by atoms with van der Waals surface area (Å²) >= 11 is 0. The SMILES string of the molecule is O=C(c1cccc([N+](=O)[O-])c1)[C@@H]1[C@@H]2C(=O)N(c3cccc(F)c3)C(=O)[C@@H]2[C@@H]2c3ccccc3C=CN12. The number of benzene rings is 3. The van der Waals surface area contributed by atoms with Gasteiger partial charge in [-0.25, -0.2) is 9.29 Å². The molecule has 0 saturated carbocycles. The largest absolute Gasteiger partial charge is 0.358 e. The number of Topliss-reactive ketones (excluding diaryl/α,β-unsaturated/α-hetero) is 1. The first-order chi connectivity index (χ1) is 17.4. The van der Waals surface area contributed by atoms with E-state index in [-0.39, 0.29) is 16.9 Å². The molecule has 3 aliphatic heterocycles. The van der Waals surface area contributed by atoms with E-state index in [4.69, 9.17) is 0 Å². The number of hydrogen-bond acceptors (Lipinski definition) is 6. The van der Waals surface area contributed by atoms with E-state index in [1.54, 1.807) is 11.1 Å². The van der Waals surface area contributed by atoms with E-state index in [1.807, 2.05) is 30.3 Å². The number of hydrogen-bond donors (Lipinski definition) is 0. The fraction of sp³-hybridized carbons (Fsp3) is 0.148. The average Bonchev–Trinajstić information content (AvgIpc) is 3.36. The minimum atomic E-state index is -1.07. The molecular weight excluding hydrogens is 465 g/mol. The first kappa shape index (κ1) is 21.8. The Labute approximate surface area is 204 Å². The van der Waals surface area contributed by atoms with Crippen molar-refractivity contribution in [3.05, 3.63) is 112 Å². The number of anilines is 1. The molecular formula is C27H18FN3O5. The van der Waals surface area contributed by atoms with Crippen LogP contribution in [-0.2, 0) is 9.59 Å². The topological polar surface area (TPSA) is 101 Å². The second kappa shape index (κ2) is 7.94. The lowest BCUT2D eigenvalue weighted by atomic mass is 9.83. The highest BCUT2D eigenvalue weighted by molar-refractivity contribution is 6.24. The standard InChI is InChI=1S/C27H18FN3O5/c28-17-7-4-8-18(14-17)30-26(33)21-22(27(30)34)24(25(32)16-6-3-9-19(13-16)31(35)36)29-12-11-15-5-1-2-10-20(15)23(21)29/h1-14,21-24H/t21-,22+,23-,24-/m0/s1. The van der Waals surface area contributed by atoms with E-state index in [0.29, 0.717) is 0 Å². The number of carbonyl (C=O) groups excluding carboxylic acids is 3. The van der Waals surface area contributed by atoms with E-state index < -0.39 is 52.3 Å². The van der Waals surface area contributed by atoms with E-state index >= 15 is 0 Å². The minimum Gasteiger partial charge on any atom is -0.358 e. The fourth-order valence-corrected chi connectivity index (χ4v) is 5.67. The number of rotatable bonds is 4. The average molecular weight is 483 g/mol. The van der Waals surface area contributed by atoms with Gasteiger partial charge in [0.1, 0.15) is 11.9 Å². The molecule has 4 atom stereocenters. The van der Waals surface area contributed by atoms with Crippen molar-refractivity contribution < 1.29 is 23.7 Å². The first-order valence-electron chi connectivity index (χ1n) is 11.3. The smallest absolute Gasteiger partial charge is 0.270 e. The minimum absolute atomic E-state index is 0.0744. The van der Waals surface area contributed by atoms with Gasteiger partial charge in [0.2, 0.25) is 11.8 Å². The molecule has 0 aliphatic carbocycles. The molecule has 3 heterocycles. The van der Waals surface area contributed by atoms with Gasteiger partial charge in [0.25, 0.3) is 5.69 Å². The highest BCUT2D eigenvalue weighted by Crippen LogP contribution is 2.53. The van der Waals surface area contributed by atoms with Crippen molar-refractivity contribution in [1.29, 1.82) is 0 Å². The van der Waals surface area contributed by atoms with Gasteiger partial charge in [0.15, 0.2) is 5.78 Å². The third-order valence-corrected chi connectivity index (χ3v) is 7.14. The summed E-state index contributed by atoms with van der Waals surface area (Å²) in [4.78, 5) is 54.7. The first-order valence-corrected chi connectivity index (χ1v) is 11.3. The molecule has 0 radical (unpaired) electrons. The number of imide groups is 1. The molecule has 2 fully saturated rings. The second-order valence-corrected chi connectivity index (χ2v) is 9.00. The van der Waals surface area contributed by atoms with Gasteiger partial charge in [-0.1, -0.05) is 42.5 Å². The number of carbonyl (C=O) groups is 3. The van der Waals surface area contributed by atoms with Crippen molar-refractivity contribution >= 4 is 35.0 Å². The van der Waals surface area contributed by atoms with Crippen molar-refractivity contribution in [2.45, 2.75) is 12.1 Å². The van der Waals surface area contributed by atoms with Crippen LogP contribution in [0.4, 0.5) is 15.8 Å². The molecule has 36 heavy (non-hydrogen) atoms. The van der Waals surface area contributed by atoms with Gasteiger partial charge in [-0.2, -0.15) is 0 Å². The van der Waals surface area contributed by atoms with Gasteiger partial charge in [-0.05, 0) is 35.4 Å². The summed E-state index contributed by atoms with van der Waals surface area (Å²) in [5.74, 6) is -4.14. The lowest BCUT2D eigenvalue weighted by Gasteiger charge is -2.35. The van der Waals surface area contributed by atoms with E-state index in [1.165, 1.54) is 42.5 Å². The third-order valence-electron chi connectivity index (χ3n) is 7.14. The van der Waals surface area contributed by atoms with Crippen LogP contribution in [0.5, 0.6) is 0 Å². The molecule has 0 N–H and O–H groups in total. The summed E-state index contributed by atoms with van der Waals surface area (Å²) in [6, 6.07) is 16.3. The van der Waals surface area contributed by atoms with Crippen LogP contribution < -0.4 is 4.90 Å². The molecule has 0 unspecified atom stereocenters. The Kier molecular flexibility index (Phi) is 4.82. The molecule has 6 rings (SSSR count). The van der Waals surface area contributed by atoms with Gasteiger partial charge in [0, 0.05) is 23.9 Å². The van der Waals surface area contributed by atoms with Crippen LogP contribution in [-0.4, -0.2) is 33.5 Å². The number of ketones is 1.